The largest absolute Gasteiger partial charge is 0.319 e. The maximum absolute atomic E-state index is 13.1. The fraction of sp³-hybridized carbons (Fsp3) is 0.308. The Kier molecular flexibility index (Phi) is 3.86. The van der Waals surface area contributed by atoms with E-state index in [1.54, 1.807) is 17.4 Å². The van der Waals surface area contributed by atoms with E-state index in [-0.39, 0.29) is 5.82 Å². The van der Waals surface area contributed by atoms with Crippen LogP contribution in [-0.2, 0) is 0 Å². The van der Waals surface area contributed by atoms with Crippen LogP contribution in [0.5, 0.6) is 0 Å². The summed E-state index contributed by atoms with van der Waals surface area (Å²) in [5.41, 5.74) is 1.69. The van der Waals surface area contributed by atoms with Crippen LogP contribution in [-0.4, -0.2) is 18.6 Å². The van der Waals surface area contributed by atoms with Gasteiger partial charge in [-0.2, -0.15) is 0 Å². The van der Waals surface area contributed by atoms with Gasteiger partial charge in [0.05, 0.1) is 10.7 Å². The van der Waals surface area contributed by atoms with Crippen molar-refractivity contribution in [2.24, 2.45) is 0 Å². The number of likely N-dealkylation sites (N-methyl/N-ethyl adjacent to an activating group) is 1. The Morgan fingerprint density at radius 3 is 3.00 bits per heavy atom. The molecule has 90 valence electrons. The summed E-state index contributed by atoms with van der Waals surface area (Å²) in [5, 5.41) is 6.20. The number of nitrogens with one attached hydrogen (secondary N) is 1. The molecule has 0 bridgehead atoms. The van der Waals surface area contributed by atoms with Crippen LogP contribution in [0.3, 0.4) is 0 Å². The van der Waals surface area contributed by atoms with Crippen LogP contribution in [0, 0.1) is 5.82 Å². The first kappa shape index (κ1) is 12.2. The average Bonchev–Trinajstić information content (AvgIpc) is 2.78. The fourth-order valence-electron chi connectivity index (χ4n) is 1.69. The van der Waals surface area contributed by atoms with Crippen molar-refractivity contribution in [3.05, 3.63) is 40.5 Å². The fourth-order valence-corrected chi connectivity index (χ4v) is 2.58. The lowest BCUT2D eigenvalue weighted by molar-refractivity contribution is 0.628. The highest BCUT2D eigenvalue weighted by molar-refractivity contribution is 7.10. The van der Waals surface area contributed by atoms with Crippen molar-refractivity contribution in [3.8, 4) is 11.3 Å². The number of hydrogen-bond donors (Lipinski definition) is 1. The first-order valence-corrected chi connectivity index (χ1v) is 6.44. The number of thiazole rings is 1. The highest BCUT2D eigenvalue weighted by atomic mass is 32.1. The molecule has 0 saturated carbocycles. The molecule has 17 heavy (non-hydrogen) atoms. The van der Waals surface area contributed by atoms with E-state index < -0.39 is 0 Å². The Morgan fingerprint density at radius 1 is 1.47 bits per heavy atom. The molecule has 1 aromatic heterocycles. The predicted molar refractivity (Wildman–Crippen MR) is 69.8 cm³/mol. The topological polar surface area (TPSA) is 24.9 Å². The zero-order valence-corrected chi connectivity index (χ0v) is 10.7. The molecule has 1 aromatic carbocycles. The first-order chi connectivity index (χ1) is 8.20. The van der Waals surface area contributed by atoms with Crippen LogP contribution >= 0.6 is 11.3 Å². The summed E-state index contributed by atoms with van der Waals surface area (Å²) in [6.45, 7) is 3.03. The van der Waals surface area contributed by atoms with Gasteiger partial charge in [-0.1, -0.05) is 19.1 Å². The van der Waals surface area contributed by atoms with Gasteiger partial charge in [0.1, 0.15) is 5.82 Å². The van der Waals surface area contributed by atoms with Crippen molar-refractivity contribution in [2.45, 2.75) is 12.8 Å². The second-order valence-corrected chi connectivity index (χ2v) is 4.93. The van der Waals surface area contributed by atoms with Gasteiger partial charge in [-0.15, -0.1) is 11.3 Å². The minimum absolute atomic E-state index is 0.222. The lowest BCUT2D eigenvalue weighted by Crippen LogP contribution is -2.14. The molecule has 1 N–H and O–H groups in total. The summed E-state index contributed by atoms with van der Waals surface area (Å²) in [6.07, 6.45) is 0. The van der Waals surface area contributed by atoms with E-state index in [0.717, 1.165) is 22.8 Å². The number of halogens is 1. The van der Waals surface area contributed by atoms with Crippen molar-refractivity contribution in [2.75, 3.05) is 13.6 Å². The Bertz CT molecular complexity index is 496. The van der Waals surface area contributed by atoms with Gasteiger partial charge in [0.15, 0.2) is 0 Å². The molecule has 0 fully saturated rings. The number of nitrogens with zero attached hydrogens (tertiary/aromatic N) is 1. The molecule has 2 aromatic rings. The van der Waals surface area contributed by atoms with E-state index in [9.17, 15) is 4.39 Å². The average molecular weight is 250 g/mol. The smallest absolute Gasteiger partial charge is 0.123 e. The van der Waals surface area contributed by atoms with Crippen molar-refractivity contribution in [1.82, 2.24) is 10.3 Å². The SMILES string of the molecule is CNCC(C)c1nc(-c2cccc(F)c2)cs1. The maximum atomic E-state index is 13.1. The lowest BCUT2D eigenvalue weighted by Gasteiger charge is -2.05. The molecule has 0 amide bonds. The normalized spacial score (nSPS) is 12.6. The van der Waals surface area contributed by atoms with Crippen molar-refractivity contribution < 1.29 is 4.39 Å². The molecule has 4 heteroatoms. The summed E-state index contributed by atoms with van der Waals surface area (Å²) in [5.74, 6) is 0.160. The number of benzene rings is 1. The minimum atomic E-state index is -0.222. The van der Waals surface area contributed by atoms with Crippen molar-refractivity contribution in [3.63, 3.8) is 0 Å². The van der Waals surface area contributed by atoms with Crippen LogP contribution in [0.25, 0.3) is 11.3 Å². The summed E-state index contributed by atoms with van der Waals surface area (Å²) < 4.78 is 13.1. The standard InChI is InChI=1S/C13H15FN2S/c1-9(7-15-2)13-16-12(8-17-13)10-4-3-5-11(14)6-10/h3-6,8-9,15H,7H2,1-2H3. The van der Waals surface area contributed by atoms with Crippen LogP contribution in [0.1, 0.15) is 17.8 Å². The molecular weight excluding hydrogens is 235 g/mol. The Balaban J connectivity index is 2.23. The summed E-state index contributed by atoms with van der Waals surface area (Å²) in [7, 11) is 1.93. The molecule has 0 saturated heterocycles. The summed E-state index contributed by atoms with van der Waals surface area (Å²) in [6, 6.07) is 6.55. The van der Waals surface area contributed by atoms with Gasteiger partial charge >= 0.3 is 0 Å². The van der Waals surface area contributed by atoms with E-state index in [1.807, 2.05) is 18.5 Å². The molecule has 1 unspecified atom stereocenters. The van der Waals surface area contributed by atoms with Crippen LogP contribution in [0.15, 0.2) is 29.6 Å². The number of aromatic nitrogens is 1. The van der Waals surface area contributed by atoms with Gasteiger partial charge in [0, 0.05) is 23.4 Å². The zero-order valence-electron chi connectivity index (χ0n) is 9.90. The maximum Gasteiger partial charge on any atom is 0.123 e. The molecule has 2 rings (SSSR count). The van der Waals surface area contributed by atoms with E-state index in [4.69, 9.17) is 0 Å². The van der Waals surface area contributed by atoms with Gasteiger partial charge in [0.2, 0.25) is 0 Å². The second-order valence-electron chi connectivity index (χ2n) is 4.04. The third-order valence-corrected chi connectivity index (χ3v) is 3.65. The number of hydrogen-bond acceptors (Lipinski definition) is 3. The van der Waals surface area contributed by atoms with Crippen LogP contribution in [0.4, 0.5) is 4.39 Å². The Hall–Kier alpha value is -1.26. The Morgan fingerprint density at radius 2 is 2.29 bits per heavy atom. The molecule has 0 aliphatic carbocycles. The molecule has 0 radical (unpaired) electrons. The predicted octanol–water partition coefficient (Wildman–Crippen LogP) is 3.27. The van der Waals surface area contributed by atoms with E-state index in [0.29, 0.717) is 5.92 Å². The van der Waals surface area contributed by atoms with E-state index in [1.165, 1.54) is 12.1 Å². The van der Waals surface area contributed by atoms with Gasteiger partial charge in [-0.25, -0.2) is 9.37 Å². The highest BCUT2D eigenvalue weighted by Gasteiger charge is 2.10. The third-order valence-electron chi connectivity index (χ3n) is 2.57. The summed E-state index contributed by atoms with van der Waals surface area (Å²) >= 11 is 1.62. The Labute approximate surface area is 105 Å². The monoisotopic (exact) mass is 250 g/mol. The molecule has 2 nitrogen and oxygen atoms in total. The van der Waals surface area contributed by atoms with Crippen LogP contribution < -0.4 is 5.32 Å². The van der Waals surface area contributed by atoms with Crippen LogP contribution in [0.2, 0.25) is 0 Å². The van der Waals surface area contributed by atoms with Gasteiger partial charge in [0.25, 0.3) is 0 Å². The third kappa shape index (κ3) is 2.90. The summed E-state index contributed by atoms with van der Waals surface area (Å²) in [4.78, 5) is 4.55. The molecular formula is C13H15FN2S. The highest BCUT2D eigenvalue weighted by Crippen LogP contribution is 2.26. The lowest BCUT2D eigenvalue weighted by atomic mass is 10.1. The quantitative estimate of drug-likeness (QED) is 0.900. The molecule has 0 spiro atoms. The second kappa shape index (κ2) is 5.38. The molecule has 1 atom stereocenters. The van der Waals surface area contributed by atoms with Crippen molar-refractivity contribution >= 4 is 11.3 Å². The van der Waals surface area contributed by atoms with Gasteiger partial charge in [-0.05, 0) is 19.2 Å². The molecule has 1 heterocycles. The van der Waals surface area contributed by atoms with E-state index in [2.05, 4.69) is 17.2 Å². The molecule has 0 aliphatic rings. The first-order valence-electron chi connectivity index (χ1n) is 5.56. The van der Waals surface area contributed by atoms with Gasteiger partial charge < -0.3 is 5.32 Å². The minimum Gasteiger partial charge on any atom is -0.319 e. The molecule has 0 aliphatic heterocycles. The van der Waals surface area contributed by atoms with E-state index >= 15 is 0 Å². The zero-order chi connectivity index (χ0) is 12.3. The van der Waals surface area contributed by atoms with Gasteiger partial charge in [-0.3, -0.25) is 0 Å². The van der Waals surface area contributed by atoms with Crippen molar-refractivity contribution in [1.29, 1.82) is 0 Å². The number of rotatable bonds is 4.